The maximum atomic E-state index is 14.5. The third-order valence-corrected chi connectivity index (χ3v) is 4.84. The number of alkyl halides is 3. The number of amides is 1. The summed E-state index contributed by atoms with van der Waals surface area (Å²) in [5.41, 5.74) is 3.37. The molecule has 0 bridgehead atoms. The van der Waals surface area contributed by atoms with E-state index in [0.29, 0.717) is 0 Å². The van der Waals surface area contributed by atoms with Crippen LogP contribution in [0.4, 0.5) is 23.2 Å². The van der Waals surface area contributed by atoms with E-state index < -0.39 is 42.0 Å². The van der Waals surface area contributed by atoms with Crippen LogP contribution in [0.3, 0.4) is 0 Å². The summed E-state index contributed by atoms with van der Waals surface area (Å²) in [5, 5.41) is 11.2. The molecule has 3 rings (SSSR count). The fourth-order valence-corrected chi connectivity index (χ4v) is 3.34. The van der Waals surface area contributed by atoms with E-state index in [4.69, 9.17) is 27.3 Å². The van der Waals surface area contributed by atoms with E-state index in [1.165, 1.54) is 19.1 Å². The summed E-state index contributed by atoms with van der Waals surface area (Å²) in [6, 6.07) is 3.48. The van der Waals surface area contributed by atoms with Crippen LogP contribution in [0.15, 0.2) is 35.5 Å². The van der Waals surface area contributed by atoms with Crippen LogP contribution >= 0.6 is 11.6 Å². The number of aliphatic imine (C=N–C) groups is 1. The zero-order valence-electron chi connectivity index (χ0n) is 15.8. The molecule has 0 saturated heterocycles. The molecule has 1 amide bonds. The van der Waals surface area contributed by atoms with Crippen molar-refractivity contribution in [2.75, 3.05) is 5.32 Å². The minimum Gasteiger partial charge on any atom is -0.454 e. The Morgan fingerprint density at radius 2 is 2.13 bits per heavy atom. The number of hydrogen-bond acceptors (Lipinski definition) is 6. The van der Waals surface area contributed by atoms with Gasteiger partial charge in [0.05, 0.1) is 10.6 Å². The maximum absolute atomic E-state index is 14.5. The van der Waals surface area contributed by atoms with Crippen LogP contribution in [0.5, 0.6) is 0 Å². The van der Waals surface area contributed by atoms with Crippen LogP contribution < -0.4 is 11.1 Å². The van der Waals surface area contributed by atoms with Crippen LogP contribution in [0.2, 0.25) is 5.02 Å². The van der Waals surface area contributed by atoms with Gasteiger partial charge in [-0.25, -0.2) is 14.4 Å². The second-order valence-corrected chi connectivity index (χ2v) is 7.28. The van der Waals surface area contributed by atoms with Crippen molar-refractivity contribution >= 4 is 29.2 Å². The highest BCUT2D eigenvalue weighted by atomic mass is 35.5. The Hall–Kier alpha value is -3.39. The lowest BCUT2D eigenvalue weighted by atomic mass is 9.87. The van der Waals surface area contributed by atoms with Crippen molar-refractivity contribution in [2.45, 2.75) is 31.2 Å². The summed E-state index contributed by atoms with van der Waals surface area (Å²) in [5.74, 6) is -1.62. The molecule has 162 valence electrons. The highest BCUT2D eigenvalue weighted by Gasteiger charge is 2.49. The first-order valence-corrected chi connectivity index (χ1v) is 9.07. The number of nitrogens with two attached hydrogens (primary N) is 1. The normalized spacial score (nSPS) is 20.9. The number of carbonyl (C=O) groups is 1. The van der Waals surface area contributed by atoms with Crippen molar-refractivity contribution in [1.29, 1.82) is 5.26 Å². The molecule has 0 saturated carbocycles. The first-order valence-electron chi connectivity index (χ1n) is 8.69. The highest BCUT2D eigenvalue weighted by molar-refractivity contribution is 6.34. The molecule has 0 spiro atoms. The summed E-state index contributed by atoms with van der Waals surface area (Å²) in [6.07, 6.45) is -4.27. The van der Waals surface area contributed by atoms with Gasteiger partial charge >= 0.3 is 6.18 Å². The molecule has 1 aliphatic rings. The lowest BCUT2D eigenvalue weighted by Crippen LogP contribution is -2.46. The van der Waals surface area contributed by atoms with Gasteiger partial charge in [0.25, 0.3) is 11.9 Å². The Balaban J connectivity index is 1.91. The van der Waals surface area contributed by atoms with Crippen molar-refractivity contribution in [1.82, 2.24) is 4.98 Å². The smallest absolute Gasteiger partial charge is 0.411 e. The molecule has 3 N–H and O–H groups in total. The quantitative estimate of drug-likeness (QED) is 0.682. The zero-order valence-corrected chi connectivity index (χ0v) is 16.6. The summed E-state index contributed by atoms with van der Waals surface area (Å²) in [7, 11) is 0. The number of nitriles is 1. The second kappa shape index (κ2) is 8.03. The summed E-state index contributed by atoms with van der Waals surface area (Å²) >= 11 is 5.96. The summed E-state index contributed by atoms with van der Waals surface area (Å²) < 4.78 is 59.4. The van der Waals surface area contributed by atoms with Gasteiger partial charge in [-0.15, -0.1) is 0 Å². The Bertz CT molecular complexity index is 1120. The van der Waals surface area contributed by atoms with Gasteiger partial charge in [0.1, 0.15) is 23.2 Å². The number of hydrogen-bond donors (Lipinski definition) is 2. The van der Waals surface area contributed by atoms with Gasteiger partial charge in [0.2, 0.25) is 0 Å². The molecule has 2 heterocycles. The average molecular weight is 456 g/mol. The molecular formula is C19H14ClF4N5O2. The van der Waals surface area contributed by atoms with Crippen LogP contribution in [-0.4, -0.2) is 29.1 Å². The molecule has 1 aromatic carbocycles. The monoisotopic (exact) mass is 455 g/mol. The van der Waals surface area contributed by atoms with Gasteiger partial charge in [-0.3, -0.25) is 4.79 Å². The van der Waals surface area contributed by atoms with E-state index >= 15 is 0 Å². The maximum Gasteiger partial charge on any atom is 0.411 e. The fraction of sp³-hybridized carbons (Fsp3) is 0.263. The van der Waals surface area contributed by atoms with E-state index in [2.05, 4.69) is 15.3 Å². The van der Waals surface area contributed by atoms with Crippen molar-refractivity contribution < 1.29 is 27.1 Å². The molecular weight excluding hydrogens is 442 g/mol. The number of anilines is 1. The van der Waals surface area contributed by atoms with Gasteiger partial charge in [-0.2, -0.15) is 18.4 Å². The minimum absolute atomic E-state index is 0.0538. The third kappa shape index (κ3) is 4.69. The van der Waals surface area contributed by atoms with E-state index in [0.717, 1.165) is 18.3 Å². The Labute approximate surface area is 178 Å². The molecule has 2 atom stereocenters. The Morgan fingerprint density at radius 3 is 2.74 bits per heavy atom. The summed E-state index contributed by atoms with van der Waals surface area (Å²) in [6.45, 7) is 1.25. The number of pyridine rings is 1. The van der Waals surface area contributed by atoms with Crippen LogP contribution in [-0.2, 0) is 10.3 Å². The number of nitrogens with one attached hydrogen (secondary N) is 1. The SMILES string of the molecule is C[C@@]1(c2cc(NC(=O)c3ncc(C#N)cc3Cl)ccc2F)C[C@@H](C(F)(F)F)N=C(N)O1. The molecule has 7 nitrogen and oxygen atoms in total. The zero-order chi connectivity index (χ0) is 23.0. The predicted molar refractivity (Wildman–Crippen MR) is 103 cm³/mol. The number of amidine groups is 1. The number of rotatable bonds is 3. The molecule has 2 aromatic rings. The number of carbonyl (C=O) groups excluding carboxylic acids is 1. The van der Waals surface area contributed by atoms with Gasteiger partial charge < -0.3 is 15.8 Å². The number of nitrogens with zero attached hydrogens (tertiary/aromatic N) is 3. The van der Waals surface area contributed by atoms with E-state index in [-0.39, 0.29) is 27.5 Å². The number of aromatic nitrogens is 1. The third-order valence-electron chi connectivity index (χ3n) is 4.55. The Kier molecular flexibility index (Phi) is 5.78. The number of halogens is 5. The highest BCUT2D eigenvalue weighted by Crippen LogP contribution is 2.41. The van der Waals surface area contributed by atoms with E-state index in [1.54, 1.807) is 0 Å². The lowest BCUT2D eigenvalue weighted by Gasteiger charge is -2.37. The number of ether oxygens (including phenoxy) is 1. The summed E-state index contributed by atoms with van der Waals surface area (Å²) in [4.78, 5) is 19.5. The molecule has 0 fully saturated rings. The van der Waals surface area contributed by atoms with Crippen LogP contribution in [0, 0.1) is 17.1 Å². The molecule has 31 heavy (non-hydrogen) atoms. The first-order chi connectivity index (χ1) is 14.4. The van der Waals surface area contributed by atoms with Gasteiger partial charge in [0, 0.05) is 23.9 Å². The molecule has 0 aliphatic carbocycles. The minimum atomic E-state index is -4.70. The van der Waals surface area contributed by atoms with Crippen molar-refractivity contribution in [3.05, 3.63) is 58.1 Å². The van der Waals surface area contributed by atoms with Crippen molar-refractivity contribution in [3.63, 3.8) is 0 Å². The van der Waals surface area contributed by atoms with E-state index in [1.807, 2.05) is 6.07 Å². The van der Waals surface area contributed by atoms with Crippen LogP contribution in [0.1, 0.15) is 35.0 Å². The first kappa shape index (κ1) is 22.3. The standard InChI is InChI=1S/C19H14ClF4N5O2/c1-18(6-14(19(22,23)24)29-17(26)31-18)11-5-10(2-3-13(11)21)28-16(30)15-12(20)4-9(7-25)8-27-15/h2-5,8,14H,6H2,1H3,(H2,26,29)(H,28,30)/t14-,18-/m0/s1. The van der Waals surface area contributed by atoms with Gasteiger partial charge in [-0.1, -0.05) is 11.6 Å². The molecule has 1 aliphatic heterocycles. The lowest BCUT2D eigenvalue weighted by molar-refractivity contribution is -0.164. The fourth-order valence-electron chi connectivity index (χ4n) is 3.09. The molecule has 0 unspecified atom stereocenters. The topological polar surface area (TPSA) is 113 Å². The molecule has 12 heteroatoms. The largest absolute Gasteiger partial charge is 0.454 e. The molecule has 0 radical (unpaired) electrons. The Morgan fingerprint density at radius 1 is 1.42 bits per heavy atom. The van der Waals surface area contributed by atoms with Crippen LogP contribution in [0.25, 0.3) is 0 Å². The second-order valence-electron chi connectivity index (χ2n) is 6.88. The van der Waals surface area contributed by atoms with E-state index in [9.17, 15) is 22.4 Å². The average Bonchev–Trinajstić information content (AvgIpc) is 2.67. The molecule has 1 aromatic heterocycles. The van der Waals surface area contributed by atoms with Gasteiger partial charge in [0.15, 0.2) is 6.04 Å². The predicted octanol–water partition coefficient (Wildman–Crippen LogP) is 3.88. The number of benzene rings is 1. The van der Waals surface area contributed by atoms with Crippen molar-refractivity contribution in [3.8, 4) is 6.07 Å². The van der Waals surface area contributed by atoms with Gasteiger partial charge in [-0.05, 0) is 31.2 Å². The van der Waals surface area contributed by atoms with Crippen molar-refractivity contribution in [2.24, 2.45) is 10.7 Å².